The van der Waals surface area contributed by atoms with Crippen molar-refractivity contribution in [1.29, 1.82) is 0 Å². The second kappa shape index (κ2) is 8.16. The molecule has 2 fully saturated rings. The van der Waals surface area contributed by atoms with Crippen LogP contribution in [0.3, 0.4) is 0 Å². The number of carbonyl (C=O) groups is 1. The minimum atomic E-state index is -0.0449. The monoisotopic (exact) mass is 311 g/mol. The molecule has 2 aliphatic heterocycles. The molecule has 2 amide bonds. The van der Waals surface area contributed by atoms with Crippen LogP contribution in [-0.4, -0.2) is 66.3 Å². The molecular weight excluding hydrogens is 278 g/mol. The average Bonchev–Trinajstić information content (AvgIpc) is 3.06. The van der Waals surface area contributed by atoms with Crippen molar-refractivity contribution < 1.29 is 9.90 Å². The van der Waals surface area contributed by atoms with Gasteiger partial charge in [0.15, 0.2) is 0 Å². The Bertz CT molecular complexity index is 354. The third kappa shape index (κ3) is 5.13. The first kappa shape index (κ1) is 17.5. The van der Waals surface area contributed by atoms with Gasteiger partial charge < -0.3 is 15.3 Å². The smallest absolute Gasteiger partial charge is 0.317 e. The van der Waals surface area contributed by atoms with Gasteiger partial charge in [0, 0.05) is 32.3 Å². The van der Waals surface area contributed by atoms with Gasteiger partial charge in [-0.3, -0.25) is 4.90 Å². The van der Waals surface area contributed by atoms with Gasteiger partial charge in [-0.15, -0.1) is 0 Å². The van der Waals surface area contributed by atoms with Crippen LogP contribution in [0.2, 0.25) is 0 Å². The number of hydrogen-bond donors (Lipinski definition) is 2. The van der Waals surface area contributed by atoms with Gasteiger partial charge in [-0.2, -0.15) is 0 Å². The second-order valence-electron chi connectivity index (χ2n) is 7.64. The van der Waals surface area contributed by atoms with Crippen molar-refractivity contribution in [2.24, 2.45) is 5.41 Å². The molecule has 0 unspecified atom stereocenters. The molecule has 0 spiro atoms. The number of aliphatic hydroxyl groups excluding tert-OH is 1. The van der Waals surface area contributed by atoms with E-state index in [4.69, 9.17) is 0 Å². The Balaban J connectivity index is 1.68. The van der Waals surface area contributed by atoms with Gasteiger partial charge in [-0.1, -0.05) is 13.8 Å². The van der Waals surface area contributed by atoms with E-state index in [1.54, 1.807) is 0 Å². The Hall–Kier alpha value is -0.810. The van der Waals surface area contributed by atoms with E-state index in [2.05, 4.69) is 24.1 Å². The van der Waals surface area contributed by atoms with E-state index in [9.17, 15) is 9.90 Å². The molecule has 22 heavy (non-hydrogen) atoms. The predicted octanol–water partition coefficient (Wildman–Crippen LogP) is 2.05. The Morgan fingerprint density at radius 3 is 2.64 bits per heavy atom. The summed E-state index contributed by atoms with van der Waals surface area (Å²) in [4.78, 5) is 16.8. The topological polar surface area (TPSA) is 55.8 Å². The summed E-state index contributed by atoms with van der Waals surface area (Å²) in [6.45, 7) is 9.19. The number of nitrogens with one attached hydrogen (secondary N) is 1. The number of nitrogens with zero attached hydrogens (tertiary/aromatic N) is 2. The van der Waals surface area contributed by atoms with Crippen molar-refractivity contribution in [3.63, 3.8) is 0 Å². The largest absolute Gasteiger partial charge is 0.396 e. The van der Waals surface area contributed by atoms with Crippen molar-refractivity contribution in [2.45, 2.75) is 58.4 Å². The SMILES string of the molecule is CC(C)(CO)CCCNC(=O)N1CCC[C@@H](N2CCCC2)C1. The molecular formula is C17H33N3O2. The number of carbonyl (C=O) groups excluding carboxylic acids is 1. The van der Waals surface area contributed by atoms with Crippen molar-refractivity contribution in [2.75, 3.05) is 39.3 Å². The predicted molar refractivity (Wildman–Crippen MR) is 88.9 cm³/mol. The van der Waals surface area contributed by atoms with Crippen molar-refractivity contribution in [3.8, 4) is 0 Å². The highest BCUT2D eigenvalue weighted by molar-refractivity contribution is 5.74. The van der Waals surface area contributed by atoms with E-state index >= 15 is 0 Å². The molecule has 2 saturated heterocycles. The number of piperidine rings is 1. The lowest BCUT2D eigenvalue weighted by Gasteiger charge is -2.37. The van der Waals surface area contributed by atoms with Crippen molar-refractivity contribution in [1.82, 2.24) is 15.1 Å². The summed E-state index contributed by atoms with van der Waals surface area (Å²) >= 11 is 0. The maximum absolute atomic E-state index is 12.3. The molecule has 1 atom stereocenters. The van der Waals surface area contributed by atoms with Crippen LogP contribution in [0.15, 0.2) is 0 Å². The van der Waals surface area contributed by atoms with E-state index in [1.165, 1.54) is 32.4 Å². The second-order valence-corrected chi connectivity index (χ2v) is 7.64. The minimum absolute atomic E-state index is 0.0449. The van der Waals surface area contributed by atoms with E-state index in [0.29, 0.717) is 12.6 Å². The summed E-state index contributed by atoms with van der Waals surface area (Å²) in [5, 5.41) is 12.3. The number of hydrogen-bond acceptors (Lipinski definition) is 3. The molecule has 2 N–H and O–H groups in total. The van der Waals surface area contributed by atoms with Gasteiger partial charge in [0.05, 0.1) is 0 Å². The summed E-state index contributed by atoms with van der Waals surface area (Å²) in [6.07, 6.45) is 6.82. The average molecular weight is 311 g/mol. The van der Waals surface area contributed by atoms with Crippen LogP contribution in [0.4, 0.5) is 4.79 Å². The Morgan fingerprint density at radius 2 is 1.95 bits per heavy atom. The molecule has 0 radical (unpaired) electrons. The molecule has 0 aromatic carbocycles. The fourth-order valence-corrected chi connectivity index (χ4v) is 3.50. The molecule has 0 aromatic heterocycles. The lowest BCUT2D eigenvalue weighted by Crippen LogP contribution is -2.51. The molecule has 2 heterocycles. The zero-order valence-corrected chi connectivity index (χ0v) is 14.3. The van der Waals surface area contributed by atoms with E-state index in [0.717, 1.165) is 32.4 Å². The minimum Gasteiger partial charge on any atom is -0.396 e. The van der Waals surface area contributed by atoms with Gasteiger partial charge in [-0.25, -0.2) is 4.79 Å². The first-order chi connectivity index (χ1) is 10.5. The maximum Gasteiger partial charge on any atom is 0.317 e. The van der Waals surface area contributed by atoms with Gasteiger partial charge >= 0.3 is 6.03 Å². The first-order valence-corrected chi connectivity index (χ1v) is 8.89. The Morgan fingerprint density at radius 1 is 1.23 bits per heavy atom. The highest BCUT2D eigenvalue weighted by Crippen LogP contribution is 2.21. The number of aliphatic hydroxyl groups is 1. The molecule has 2 aliphatic rings. The molecule has 0 aliphatic carbocycles. The fourth-order valence-electron chi connectivity index (χ4n) is 3.50. The van der Waals surface area contributed by atoms with Gasteiger partial charge in [0.2, 0.25) is 0 Å². The molecule has 0 saturated carbocycles. The lowest BCUT2D eigenvalue weighted by atomic mass is 9.89. The fraction of sp³-hybridized carbons (Fsp3) is 0.941. The Labute approximate surface area is 135 Å². The summed E-state index contributed by atoms with van der Waals surface area (Å²) in [5.74, 6) is 0. The van der Waals surface area contributed by atoms with E-state index in [1.807, 2.05) is 4.90 Å². The molecule has 5 heteroatoms. The number of urea groups is 1. The molecule has 0 aromatic rings. The maximum atomic E-state index is 12.3. The first-order valence-electron chi connectivity index (χ1n) is 8.89. The quantitative estimate of drug-likeness (QED) is 0.738. The third-order valence-electron chi connectivity index (χ3n) is 5.08. The van der Waals surface area contributed by atoms with Crippen LogP contribution in [0.1, 0.15) is 52.4 Å². The van der Waals surface area contributed by atoms with Gasteiger partial charge in [0.25, 0.3) is 0 Å². The van der Waals surface area contributed by atoms with Crippen LogP contribution in [-0.2, 0) is 0 Å². The number of amides is 2. The molecule has 0 bridgehead atoms. The van der Waals surface area contributed by atoms with Crippen molar-refractivity contribution in [3.05, 3.63) is 0 Å². The summed E-state index contributed by atoms with van der Waals surface area (Å²) < 4.78 is 0. The van der Waals surface area contributed by atoms with Gasteiger partial charge in [0.1, 0.15) is 0 Å². The number of likely N-dealkylation sites (tertiary alicyclic amines) is 2. The highest BCUT2D eigenvalue weighted by Gasteiger charge is 2.29. The van der Waals surface area contributed by atoms with Crippen LogP contribution < -0.4 is 5.32 Å². The molecule has 128 valence electrons. The highest BCUT2D eigenvalue weighted by atomic mass is 16.3. The summed E-state index contributed by atoms with van der Waals surface area (Å²) in [5.41, 5.74) is -0.0449. The van der Waals surface area contributed by atoms with Gasteiger partial charge in [-0.05, 0) is 57.0 Å². The van der Waals surface area contributed by atoms with Crippen LogP contribution in [0.5, 0.6) is 0 Å². The van der Waals surface area contributed by atoms with Crippen LogP contribution in [0, 0.1) is 5.41 Å². The third-order valence-corrected chi connectivity index (χ3v) is 5.08. The van der Waals surface area contributed by atoms with Crippen LogP contribution >= 0.6 is 0 Å². The summed E-state index contributed by atoms with van der Waals surface area (Å²) in [7, 11) is 0. The normalized spacial score (nSPS) is 23.8. The summed E-state index contributed by atoms with van der Waals surface area (Å²) in [6, 6.07) is 0.654. The van der Waals surface area contributed by atoms with Crippen molar-refractivity contribution >= 4 is 6.03 Å². The zero-order chi connectivity index (χ0) is 16.0. The van der Waals surface area contributed by atoms with E-state index in [-0.39, 0.29) is 18.1 Å². The lowest BCUT2D eigenvalue weighted by molar-refractivity contribution is 0.124. The van der Waals surface area contributed by atoms with Crippen LogP contribution in [0.25, 0.3) is 0 Å². The van der Waals surface area contributed by atoms with E-state index < -0.39 is 0 Å². The molecule has 2 rings (SSSR count). The number of rotatable bonds is 6. The molecule has 5 nitrogen and oxygen atoms in total. The zero-order valence-electron chi connectivity index (χ0n) is 14.3. The Kier molecular flexibility index (Phi) is 6.50. The standard InChI is InChI=1S/C17H33N3O2/c1-17(2,14-21)8-6-9-18-16(22)20-12-5-7-15(13-20)19-10-3-4-11-19/h15,21H,3-14H2,1-2H3,(H,18,22)/t15-/m1/s1.